The topological polar surface area (TPSA) is 103 Å². The van der Waals surface area contributed by atoms with E-state index in [9.17, 15) is 13.2 Å². The van der Waals surface area contributed by atoms with E-state index in [2.05, 4.69) is 20.9 Å². The monoisotopic (exact) mass is 399 g/mol. The van der Waals surface area contributed by atoms with Gasteiger partial charge in [-0.1, -0.05) is 19.3 Å². The summed E-state index contributed by atoms with van der Waals surface area (Å²) in [6.07, 6.45) is 7.70. The summed E-state index contributed by atoms with van der Waals surface area (Å²) in [6, 6.07) is 0.391. The molecule has 0 bridgehead atoms. The maximum atomic E-state index is 11.7. The molecule has 27 heavy (non-hydrogen) atoms. The van der Waals surface area contributed by atoms with Gasteiger partial charge >= 0.3 is 6.03 Å². The zero-order valence-electron chi connectivity index (χ0n) is 16.2. The third-order valence-corrected chi connectivity index (χ3v) is 7.65. The van der Waals surface area contributed by atoms with Crippen LogP contribution in [-0.4, -0.2) is 75.6 Å². The summed E-state index contributed by atoms with van der Waals surface area (Å²) in [5.74, 6) is 1.56. The summed E-state index contributed by atoms with van der Waals surface area (Å²) in [5.41, 5.74) is 0. The molecular weight excluding hydrogens is 366 g/mol. The van der Waals surface area contributed by atoms with E-state index >= 15 is 0 Å². The molecule has 9 heteroatoms. The third-order valence-electron chi connectivity index (χ3n) is 5.81. The van der Waals surface area contributed by atoms with Crippen LogP contribution in [0.2, 0.25) is 0 Å². The first-order valence-electron chi connectivity index (χ1n) is 10.2. The van der Waals surface area contributed by atoms with Crippen molar-refractivity contribution in [3.8, 4) is 0 Å². The van der Waals surface area contributed by atoms with Crippen LogP contribution in [0.3, 0.4) is 0 Å². The average molecular weight is 400 g/mol. The van der Waals surface area contributed by atoms with Gasteiger partial charge in [-0.3, -0.25) is 4.99 Å². The van der Waals surface area contributed by atoms with E-state index in [1.54, 1.807) is 7.05 Å². The highest BCUT2D eigenvalue weighted by molar-refractivity contribution is 7.91. The van der Waals surface area contributed by atoms with Gasteiger partial charge in [0.1, 0.15) is 0 Å². The van der Waals surface area contributed by atoms with Crippen LogP contribution in [0.15, 0.2) is 4.99 Å². The molecule has 2 saturated heterocycles. The Morgan fingerprint density at radius 3 is 2.52 bits per heavy atom. The number of aliphatic imine (C=N–C) groups is 1. The van der Waals surface area contributed by atoms with Crippen LogP contribution >= 0.6 is 0 Å². The van der Waals surface area contributed by atoms with Crippen LogP contribution in [0.1, 0.15) is 44.9 Å². The van der Waals surface area contributed by atoms with Crippen molar-refractivity contribution in [3.05, 3.63) is 0 Å². The van der Waals surface area contributed by atoms with Crippen molar-refractivity contribution in [1.29, 1.82) is 0 Å². The molecule has 1 aliphatic carbocycles. The fraction of sp³-hybridized carbons (Fsp3) is 0.889. The zero-order valence-corrected chi connectivity index (χ0v) is 17.1. The summed E-state index contributed by atoms with van der Waals surface area (Å²) < 4.78 is 23.4. The first kappa shape index (κ1) is 20.2. The molecule has 0 spiro atoms. The van der Waals surface area contributed by atoms with E-state index in [1.807, 2.05) is 0 Å². The molecule has 8 nitrogen and oxygen atoms in total. The minimum Gasteiger partial charge on any atom is -0.354 e. The average Bonchev–Trinajstić information content (AvgIpc) is 3.25. The van der Waals surface area contributed by atoms with Crippen LogP contribution < -0.4 is 16.0 Å². The van der Waals surface area contributed by atoms with Crippen molar-refractivity contribution in [1.82, 2.24) is 20.9 Å². The highest BCUT2D eigenvalue weighted by Gasteiger charge is 2.30. The molecule has 2 heterocycles. The number of hydrogen-bond acceptors (Lipinski definition) is 4. The number of nitrogens with one attached hydrogen (secondary N) is 3. The molecule has 154 valence electrons. The Morgan fingerprint density at radius 2 is 1.85 bits per heavy atom. The maximum Gasteiger partial charge on any atom is 0.314 e. The summed E-state index contributed by atoms with van der Waals surface area (Å²) >= 11 is 0. The van der Waals surface area contributed by atoms with Crippen molar-refractivity contribution in [2.45, 2.75) is 57.0 Å². The molecule has 3 fully saturated rings. The quantitative estimate of drug-likeness (QED) is 0.477. The highest BCUT2D eigenvalue weighted by Crippen LogP contribution is 2.21. The Kier molecular flexibility index (Phi) is 6.83. The van der Waals surface area contributed by atoms with E-state index in [0.29, 0.717) is 24.8 Å². The summed E-state index contributed by atoms with van der Waals surface area (Å²) in [7, 11) is -1.25. The largest absolute Gasteiger partial charge is 0.354 e. The Bertz CT molecular complexity index is 645. The standard InChI is InChI=1S/C18H33N5O3S/c1-19-18(24)22-16-7-9-23(12-16)17(21-15-5-3-2-4-6-15)20-11-14-8-10-27(25,26)13-14/h14-16H,2-13H2,1H3,(H,20,21)(H2,19,22,24). The number of likely N-dealkylation sites (tertiary alicyclic amines) is 1. The van der Waals surface area contributed by atoms with Gasteiger partial charge in [-0.2, -0.15) is 0 Å². The summed E-state index contributed by atoms with van der Waals surface area (Å²) in [5, 5.41) is 9.20. The van der Waals surface area contributed by atoms with Gasteiger partial charge in [-0.15, -0.1) is 0 Å². The van der Waals surface area contributed by atoms with Crippen LogP contribution in [0.4, 0.5) is 4.79 Å². The predicted molar refractivity (Wildman–Crippen MR) is 107 cm³/mol. The zero-order chi connectivity index (χ0) is 19.3. The maximum absolute atomic E-state index is 11.7. The van der Waals surface area contributed by atoms with Crippen LogP contribution in [0, 0.1) is 5.92 Å². The fourth-order valence-corrected chi connectivity index (χ4v) is 6.08. The lowest BCUT2D eigenvalue weighted by Gasteiger charge is -2.29. The number of amides is 2. The Hall–Kier alpha value is -1.51. The van der Waals surface area contributed by atoms with Gasteiger partial charge in [0.05, 0.1) is 11.5 Å². The van der Waals surface area contributed by atoms with Gasteiger partial charge in [0.15, 0.2) is 15.8 Å². The lowest BCUT2D eigenvalue weighted by molar-refractivity contribution is 0.239. The van der Waals surface area contributed by atoms with Crippen LogP contribution in [0.25, 0.3) is 0 Å². The number of guanidine groups is 1. The second-order valence-electron chi connectivity index (χ2n) is 8.07. The SMILES string of the molecule is CNC(=O)NC1CCN(C(=NCC2CCS(=O)(=O)C2)NC2CCCCC2)C1. The van der Waals surface area contributed by atoms with Crippen LogP contribution in [-0.2, 0) is 9.84 Å². The van der Waals surface area contributed by atoms with Gasteiger partial charge in [0, 0.05) is 38.8 Å². The third kappa shape index (κ3) is 5.99. The van der Waals surface area contributed by atoms with Crippen LogP contribution in [0.5, 0.6) is 0 Å². The van der Waals surface area contributed by atoms with Crippen molar-refractivity contribution in [3.63, 3.8) is 0 Å². The molecule has 2 amide bonds. The minimum absolute atomic E-state index is 0.107. The van der Waals surface area contributed by atoms with Gasteiger partial charge in [0.2, 0.25) is 0 Å². The molecule has 2 aliphatic heterocycles. The molecule has 0 aromatic heterocycles. The van der Waals surface area contributed by atoms with E-state index in [-0.39, 0.29) is 23.7 Å². The highest BCUT2D eigenvalue weighted by atomic mass is 32.2. The minimum atomic E-state index is -2.87. The van der Waals surface area contributed by atoms with Crippen molar-refractivity contribution in [2.75, 3.05) is 38.2 Å². The molecule has 2 unspecified atom stereocenters. The fourth-order valence-electron chi connectivity index (χ4n) is 4.23. The smallest absolute Gasteiger partial charge is 0.314 e. The van der Waals surface area contributed by atoms with E-state index in [1.165, 1.54) is 19.3 Å². The normalized spacial score (nSPS) is 28.9. The molecule has 2 atom stereocenters. The van der Waals surface area contributed by atoms with Gasteiger partial charge in [-0.05, 0) is 31.6 Å². The summed E-state index contributed by atoms with van der Waals surface area (Å²) in [4.78, 5) is 18.6. The molecular formula is C18H33N5O3S. The van der Waals surface area contributed by atoms with Crippen molar-refractivity contribution < 1.29 is 13.2 Å². The number of carbonyl (C=O) groups is 1. The molecule has 1 saturated carbocycles. The second-order valence-corrected chi connectivity index (χ2v) is 10.3. The van der Waals surface area contributed by atoms with Gasteiger partial charge in [0.25, 0.3) is 0 Å². The van der Waals surface area contributed by atoms with E-state index in [4.69, 9.17) is 4.99 Å². The lowest BCUT2D eigenvalue weighted by atomic mass is 9.96. The first-order chi connectivity index (χ1) is 12.9. The number of sulfone groups is 1. The summed E-state index contributed by atoms with van der Waals surface area (Å²) in [6.45, 7) is 2.13. The molecule has 0 radical (unpaired) electrons. The number of urea groups is 1. The van der Waals surface area contributed by atoms with E-state index < -0.39 is 9.84 Å². The van der Waals surface area contributed by atoms with Crippen molar-refractivity contribution >= 4 is 21.8 Å². The Labute approximate surface area is 162 Å². The second kappa shape index (κ2) is 9.12. The molecule has 3 aliphatic rings. The van der Waals surface area contributed by atoms with Crippen molar-refractivity contribution in [2.24, 2.45) is 10.9 Å². The van der Waals surface area contributed by atoms with E-state index in [0.717, 1.165) is 38.3 Å². The number of hydrogen-bond donors (Lipinski definition) is 3. The number of carbonyl (C=O) groups excluding carboxylic acids is 1. The number of nitrogens with zero attached hydrogens (tertiary/aromatic N) is 2. The Balaban J connectivity index is 1.62. The predicted octanol–water partition coefficient (Wildman–Crippen LogP) is 0.703. The first-order valence-corrected chi connectivity index (χ1v) is 12.0. The van der Waals surface area contributed by atoms with Gasteiger partial charge in [-0.25, -0.2) is 13.2 Å². The molecule has 3 N–H and O–H groups in total. The molecule has 0 aromatic carbocycles. The molecule has 0 aromatic rings. The molecule has 3 rings (SSSR count). The van der Waals surface area contributed by atoms with Gasteiger partial charge < -0.3 is 20.9 Å². The lowest BCUT2D eigenvalue weighted by Crippen LogP contribution is -2.48. The number of rotatable bonds is 4. The Morgan fingerprint density at radius 1 is 1.07 bits per heavy atom.